The monoisotopic (exact) mass is 327 g/mol. The highest BCUT2D eigenvalue weighted by atomic mass is 35.5. The fourth-order valence-electron chi connectivity index (χ4n) is 2.35. The Balaban J connectivity index is 1.90. The molecule has 0 spiro atoms. The van der Waals surface area contributed by atoms with E-state index in [1.807, 2.05) is 42.5 Å². The SMILES string of the molecule is O=c1c2ccccc2nc2n1N=C(c1ccc(Cl)cc1)CS2. The number of benzene rings is 2. The lowest BCUT2D eigenvalue weighted by atomic mass is 10.1. The lowest BCUT2D eigenvalue weighted by molar-refractivity contribution is 0.699. The summed E-state index contributed by atoms with van der Waals surface area (Å²) in [6.45, 7) is 0. The second kappa shape index (κ2) is 5.26. The van der Waals surface area contributed by atoms with Crippen molar-refractivity contribution in [2.75, 3.05) is 5.75 Å². The van der Waals surface area contributed by atoms with Crippen LogP contribution >= 0.6 is 23.4 Å². The predicted molar refractivity (Wildman–Crippen MR) is 90.1 cm³/mol. The summed E-state index contributed by atoms with van der Waals surface area (Å²) in [6.07, 6.45) is 0. The van der Waals surface area contributed by atoms with Crippen molar-refractivity contribution in [3.63, 3.8) is 0 Å². The van der Waals surface area contributed by atoms with Gasteiger partial charge in [0.05, 0.1) is 16.6 Å². The zero-order valence-corrected chi connectivity index (χ0v) is 12.9. The van der Waals surface area contributed by atoms with E-state index in [9.17, 15) is 4.79 Å². The highest BCUT2D eigenvalue weighted by Gasteiger charge is 2.18. The zero-order chi connectivity index (χ0) is 15.1. The quantitative estimate of drug-likeness (QED) is 0.643. The topological polar surface area (TPSA) is 47.2 Å². The van der Waals surface area contributed by atoms with Crippen LogP contribution in [0.15, 0.2) is 63.6 Å². The number of rotatable bonds is 1. The molecule has 22 heavy (non-hydrogen) atoms. The summed E-state index contributed by atoms with van der Waals surface area (Å²) in [4.78, 5) is 17.1. The number of halogens is 1. The molecule has 1 aromatic heterocycles. The largest absolute Gasteiger partial charge is 0.282 e. The molecule has 3 aromatic rings. The van der Waals surface area contributed by atoms with E-state index < -0.39 is 0 Å². The fraction of sp³-hybridized carbons (Fsp3) is 0.0625. The smallest absolute Gasteiger partial charge is 0.267 e. The third-order valence-electron chi connectivity index (χ3n) is 3.46. The van der Waals surface area contributed by atoms with E-state index in [1.54, 1.807) is 6.07 Å². The molecule has 4 rings (SSSR count). The number of thioether (sulfide) groups is 1. The van der Waals surface area contributed by atoms with Crippen molar-refractivity contribution in [1.82, 2.24) is 9.66 Å². The molecule has 0 unspecified atom stereocenters. The first kappa shape index (κ1) is 13.5. The van der Waals surface area contributed by atoms with Gasteiger partial charge in [0.25, 0.3) is 5.56 Å². The Morgan fingerprint density at radius 2 is 1.86 bits per heavy atom. The number of fused-ring (bicyclic) bond motifs is 2. The molecule has 2 aromatic carbocycles. The number of para-hydroxylation sites is 1. The molecule has 0 bridgehead atoms. The van der Waals surface area contributed by atoms with Crippen molar-refractivity contribution in [2.24, 2.45) is 5.10 Å². The van der Waals surface area contributed by atoms with Gasteiger partial charge in [-0.15, -0.1) is 0 Å². The average Bonchev–Trinajstić information content (AvgIpc) is 2.56. The van der Waals surface area contributed by atoms with E-state index >= 15 is 0 Å². The molecule has 1 aliphatic rings. The molecule has 0 radical (unpaired) electrons. The summed E-state index contributed by atoms with van der Waals surface area (Å²) in [5, 5.41) is 6.37. The average molecular weight is 328 g/mol. The van der Waals surface area contributed by atoms with Crippen molar-refractivity contribution in [3.8, 4) is 0 Å². The van der Waals surface area contributed by atoms with Gasteiger partial charge in [-0.1, -0.05) is 47.6 Å². The van der Waals surface area contributed by atoms with E-state index in [0.717, 1.165) is 11.3 Å². The highest BCUT2D eigenvalue weighted by molar-refractivity contribution is 7.99. The minimum atomic E-state index is -0.140. The standard InChI is InChI=1S/C16H10ClN3OS/c17-11-7-5-10(6-8-11)14-9-22-16-18-13-4-2-1-3-12(13)15(21)20(16)19-14/h1-8H,9H2. The van der Waals surface area contributed by atoms with Crippen LogP contribution in [0.5, 0.6) is 0 Å². The van der Waals surface area contributed by atoms with Crippen molar-refractivity contribution < 1.29 is 0 Å². The third-order valence-corrected chi connectivity index (χ3v) is 4.65. The second-order valence-electron chi connectivity index (χ2n) is 4.87. The predicted octanol–water partition coefficient (Wildman–Crippen LogP) is 3.41. The van der Waals surface area contributed by atoms with Gasteiger partial charge < -0.3 is 0 Å². The fourth-order valence-corrected chi connectivity index (χ4v) is 3.38. The molecular weight excluding hydrogens is 318 g/mol. The Bertz CT molecular complexity index is 963. The first-order valence-corrected chi connectivity index (χ1v) is 8.07. The molecule has 2 heterocycles. The van der Waals surface area contributed by atoms with Crippen LogP contribution in [0.3, 0.4) is 0 Å². The van der Waals surface area contributed by atoms with E-state index in [2.05, 4.69) is 10.1 Å². The minimum Gasteiger partial charge on any atom is -0.267 e. The summed E-state index contributed by atoms with van der Waals surface area (Å²) in [7, 11) is 0. The molecular formula is C16H10ClN3OS. The van der Waals surface area contributed by atoms with Gasteiger partial charge >= 0.3 is 0 Å². The van der Waals surface area contributed by atoms with Crippen LogP contribution in [-0.2, 0) is 0 Å². The van der Waals surface area contributed by atoms with Gasteiger partial charge in [0, 0.05) is 10.8 Å². The van der Waals surface area contributed by atoms with Gasteiger partial charge in [0.1, 0.15) is 0 Å². The number of hydrogen-bond acceptors (Lipinski definition) is 4. The number of nitrogens with zero attached hydrogens (tertiary/aromatic N) is 3. The maximum Gasteiger partial charge on any atom is 0.282 e. The van der Waals surface area contributed by atoms with Crippen molar-refractivity contribution in [3.05, 3.63) is 69.5 Å². The lowest BCUT2D eigenvalue weighted by Gasteiger charge is -2.16. The molecule has 108 valence electrons. The molecule has 0 atom stereocenters. The first-order valence-electron chi connectivity index (χ1n) is 6.71. The van der Waals surface area contributed by atoms with E-state index in [0.29, 0.717) is 26.8 Å². The molecule has 0 aliphatic carbocycles. The van der Waals surface area contributed by atoms with Gasteiger partial charge in [0.15, 0.2) is 5.16 Å². The number of aromatic nitrogens is 2. The normalized spacial score (nSPS) is 13.8. The Morgan fingerprint density at radius 3 is 2.68 bits per heavy atom. The molecule has 0 amide bonds. The van der Waals surface area contributed by atoms with Gasteiger partial charge in [-0.25, -0.2) is 4.98 Å². The van der Waals surface area contributed by atoms with Crippen molar-refractivity contribution >= 4 is 40.0 Å². The summed E-state index contributed by atoms with van der Waals surface area (Å²) in [6, 6.07) is 14.8. The van der Waals surface area contributed by atoms with Crippen LogP contribution in [0, 0.1) is 0 Å². The van der Waals surface area contributed by atoms with Crippen LogP contribution in [0.1, 0.15) is 5.56 Å². The molecule has 0 saturated heterocycles. The number of hydrogen-bond donors (Lipinski definition) is 0. The molecule has 4 nitrogen and oxygen atoms in total. The third kappa shape index (κ3) is 2.23. The van der Waals surface area contributed by atoms with Crippen LogP contribution in [0.2, 0.25) is 5.02 Å². The van der Waals surface area contributed by atoms with E-state index in [4.69, 9.17) is 11.6 Å². The van der Waals surface area contributed by atoms with Gasteiger partial charge in [0.2, 0.25) is 0 Å². The van der Waals surface area contributed by atoms with Crippen LogP contribution < -0.4 is 5.56 Å². The van der Waals surface area contributed by atoms with E-state index in [-0.39, 0.29) is 5.56 Å². The molecule has 0 fully saturated rings. The van der Waals surface area contributed by atoms with Gasteiger partial charge in [-0.05, 0) is 29.8 Å². The molecule has 1 aliphatic heterocycles. The molecule has 0 N–H and O–H groups in total. The summed E-state index contributed by atoms with van der Waals surface area (Å²) < 4.78 is 1.39. The van der Waals surface area contributed by atoms with Crippen LogP contribution in [-0.4, -0.2) is 21.1 Å². The van der Waals surface area contributed by atoms with Crippen molar-refractivity contribution in [2.45, 2.75) is 5.16 Å². The zero-order valence-electron chi connectivity index (χ0n) is 11.4. The lowest BCUT2D eigenvalue weighted by Crippen LogP contribution is -2.25. The van der Waals surface area contributed by atoms with E-state index in [1.165, 1.54) is 16.4 Å². The molecule has 6 heteroatoms. The Hall–Kier alpha value is -2.11. The summed E-state index contributed by atoms with van der Waals surface area (Å²) in [5.41, 5.74) is 2.37. The Morgan fingerprint density at radius 1 is 1.09 bits per heavy atom. The van der Waals surface area contributed by atoms with Gasteiger partial charge in [-0.3, -0.25) is 4.79 Å². The Labute approximate surface area is 135 Å². The Kier molecular flexibility index (Phi) is 3.24. The van der Waals surface area contributed by atoms with Crippen LogP contribution in [0.25, 0.3) is 10.9 Å². The van der Waals surface area contributed by atoms with Gasteiger partial charge in [-0.2, -0.15) is 9.78 Å². The first-order chi connectivity index (χ1) is 10.7. The van der Waals surface area contributed by atoms with Crippen LogP contribution in [0.4, 0.5) is 0 Å². The summed E-state index contributed by atoms with van der Waals surface area (Å²) >= 11 is 7.42. The maximum absolute atomic E-state index is 12.6. The minimum absolute atomic E-state index is 0.140. The summed E-state index contributed by atoms with van der Waals surface area (Å²) in [5.74, 6) is 0.673. The highest BCUT2D eigenvalue weighted by Crippen LogP contribution is 2.24. The molecule has 0 saturated carbocycles. The van der Waals surface area contributed by atoms with Crippen molar-refractivity contribution in [1.29, 1.82) is 0 Å². The maximum atomic E-state index is 12.6. The second-order valence-corrected chi connectivity index (χ2v) is 6.25.